The number of carbonyl (C=O) groups is 1. The molecular weight excluding hydrogens is 430 g/mol. The predicted molar refractivity (Wildman–Crippen MR) is 111 cm³/mol. The van der Waals surface area contributed by atoms with Crippen LogP contribution in [0, 0.1) is 0 Å². The van der Waals surface area contributed by atoms with E-state index in [-0.39, 0.29) is 12.6 Å². The van der Waals surface area contributed by atoms with Gasteiger partial charge in [0.15, 0.2) is 6.10 Å². The van der Waals surface area contributed by atoms with Gasteiger partial charge in [0.05, 0.1) is 16.5 Å². The van der Waals surface area contributed by atoms with Crippen LogP contribution >= 0.6 is 0 Å². The Hall–Kier alpha value is -1.78. The quantitative estimate of drug-likeness (QED) is 0.727. The monoisotopic (exact) mass is 460 g/mol. The number of carbonyl (C=O) groups excluding carboxylic acids is 1. The van der Waals surface area contributed by atoms with E-state index in [1.807, 2.05) is 0 Å². The molecule has 4 atom stereocenters. The molecule has 2 bridgehead atoms. The second-order valence-electron chi connectivity index (χ2n) is 9.29. The van der Waals surface area contributed by atoms with Crippen molar-refractivity contribution in [1.82, 2.24) is 10.2 Å². The Kier molecular flexibility index (Phi) is 6.14. The van der Waals surface area contributed by atoms with Crippen molar-refractivity contribution in [3.8, 4) is 0 Å². The molecular formula is C21H30F2N2O5S. The normalized spacial score (nSPS) is 27.8. The molecule has 1 N–H and O–H groups in total. The van der Waals surface area contributed by atoms with Crippen LogP contribution in [0.1, 0.15) is 40.5 Å². The second-order valence-corrected chi connectivity index (χ2v) is 11.3. The molecule has 0 radical (unpaired) electrons. The Morgan fingerprint density at radius 2 is 1.84 bits per heavy atom. The lowest BCUT2D eigenvalue weighted by atomic mass is 9.83. The number of rotatable bonds is 5. The van der Waals surface area contributed by atoms with Gasteiger partial charge in [-0.15, -0.1) is 0 Å². The first-order valence-corrected chi connectivity index (χ1v) is 11.7. The maximum atomic E-state index is 15.6. The molecule has 7 nitrogen and oxygen atoms in total. The van der Waals surface area contributed by atoms with Gasteiger partial charge in [0, 0.05) is 19.7 Å². The summed E-state index contributed by atoms with van der Waals surface area (Å²) in [6.07, 6.45) is -1.62. The van der Waals surface area contributed by atoms with Crippen LogP contribution < -0.4 is 5.32 Å². The van der Waals surface area contributed by atoms with Crippen molar-refractivity contribution in [1.29, 1.82) is 0 Å². The van der Waals surface area contributed by atoms with Gasteiger partial charge in [0.1, 0.15) is 5.60 Å². The van der Waals surface area contributed by atoms with Gasteiger partial charge in [-0.05, 0) is 52.7 Å². The van der Waals surface area contributed by atoms with E-state index >= 15 is 8.78 Å². The number of fused-ring (bicyclic) bond motifs is 2. The molecule has 2 fully saturated rings. The highest BCUT2D eigenvalue weighted by molar-refractivity contribution is 7.92. The minimum absolute atomic E-state index is 0.218. The molecule has 2 aliphatic rings. The molecule has 1 aromatic carbocycles. The van der Waals surface area contributed by atoms with Crippen molar-refractivity contribution in [2.24, 2.45) is 0 Å². The van der Waals surface area contributed by atoms with Gasteiger partial charge in [-0.25, -0.2) is 13.2 Å². The van der Waals surface area contributed by atoms with E-state index in [0.717, 1.165) is 19.2 Å². The average molecular weight is 461 g/mol. The predicted octanol–water partition coefficient (Wildman–Crippen LogP) is 3.20. The zero-order valence-corrected chi connectivity index (χ0v) is 19.2. The molecule has 2 heterocycles. The number of nitrogens with one attached hydrogen (secondary N) is 1. The first kappa shape index (κ1) is 23.9. The number of nitrogens with zero attached hydrogens (tertiary/aromatic N) is 1. The maximum Gasteiger partial charge on any atom is 0.410 e. The van der Waals surface area contributed by atoms with Gasteiger partial charge >= 0.3 is 11.3 Å². The zero-order valence-electron chi connectivity index (χ0n) is 18.4. The molecule has 2 aliphatic heterocycles. The van der Waals surface area contributed by atoms with Gasteiger partial charge < -0.3 is 14.8 Å². The summed E-state index contributed by atoms with van der Waals surface area (Å²) < 4.78 is 67.7. The lowest BCUT2D eigenvalue weighted by molar-refractivity contribution is -0.131. The van der Waals surface area contributed by atoms with Crippen LogP contribution in [0.5, 0.6) is 0 Å². The van der Waals surface area contributed by atoms with Crippen LogP contribution in [0.2, 0.25) is 0 Å². The smallest absolute Gasteiger partial charge is 0.410 e. The fourth-order valence-electron chi connectivity index (χ4n) is 4.61. The third-order valence-electron chi connectivity index (χ3n) is 6.02. The Morgan fingerprint density at radius 3 is 2.39 bits per heavy atom. The van der Waals surface area contributed by atoms with Crippen molar-refractivity contribution in [2.75, 3.05) is 13.7 Å². The molecule has 0 aromatic heterocycles. The average Bonchev–Trinajstić information content (AvgIpc) is 3.03. The van der Waals surface area contributed by atoms with Crippen LogP contribution in [-0.2, 0) is 19.3 Å². The first-order chi connectivity index (χ1) is 14.3. The summed E-state index contributed by atoms with van der Waals surface area (Å²) >= 11 is 0. The molecule has 0 saturated carbocycles. The Labute approximate surface area is 182 Å². The van der Waals surface area contributed by atoms with Crippen LogP contribution in [0.15, 0.2) is 35.2 Å². The first-order valence-electron chi connectivity index (χ1n) is 10.2. The fourth-order valence-corrected chi connectivity index (χ4v) is 6.07. The van der Waals surface area contributed by atoms with Gasteiger partial charge in [-0.2, -0.15) is 8.78 Å². The number of methoxy groups -OCH3 is 1. The number of hydrogen-bond acceptors (Lipinski definition) is 6. The number of alkyl halides is 2. The van der Waals surface area contributed by atoms with E-state index in [4.69, 9.17) is 9.47 Å². The summed E-state index contributed by atoms with van der Waals surface area (Å²) in [7, 11) is -3.99. The molecule has 1 amide bonds. The molecule has 0 aliphatic carbocycles. The number of halogens is 2. The number of amides is 1. The Bertz CT molecular complexity index is 919. The second kappa shape index (κ2) is 7.97. The highest BCUT2D eigenvalue weighted by atomic mass is 32.2. The van der Waals surface area contributed by atoms with Crippen molar-refractivity contribution >= 4 is 15.9 Å². The van der Waals surface area contributed by atoms with Crippen molar-refractivity contribution < 1.29 is 31.5 Å². The largest absolute Gasteiger partial charge is 0.444 e. The molecule has 0 spiro atoms. The van der Waals surface area contributed by atoms with Gasteiger partial charge in [0.2, 0.25) is 9.84 Å². The van der Waals surface area contributed by atoms with E-state index in [0.29, 0.717) is 12.8 Å². The van der Waals surface area contributed by atoms with Gasteiger partial charge in [0.25, 0.3) is 0 Å². The lowest BCUT2D eigenvalue weighted by Crippen LogP contribution is -2.74. The zero-order chi connectivity index (χ0) is 23.2. The highest BCUT2D eigenvalue weighted by Gasteiger charge is 2.65. The molecule has 174 valence electrons. The fraction of sp³-hybridized carbons (Fsp3) is 0.667. The lowest BCUT2D eigenvalue weighted by Gasteiger charge is -2.51. The van der Waals surface area contributed by atoms with Crippen molar-refractivity contribution in [3.05, 3.63) is 30.3 Å². The minimum atomic E-state index is -5.05. The molecule has 0 unspecified atom stereocenters. The molecule has 2 saturated heterocycles. The van der Waals surface area contributed by atoms with Crippen LogP contribution in [0.4, 0.5) is 13.6 Å². The van der Waals surface area contributed by atoms with Crippen LogP contribution in [0.25, 0.3) is 0 Å². The topological polar surface area (TPSA) is 84.9 Å². The van der Waals surface area contributed by atoms with Gasteiger partial charge in [-0.1, -0.05) is 18.2 Å². The molecule has 1 aromatic rings. The Morgan fingerprint density at radius 1 is 1.23 bits per heavy atom. The SMILES string of the molecule is CO[C@H](C(F)(F)S(=O)(=O)c1ccccc1)[C@@]1(C)NC[C@H]2CC[C@@H]1N2C(=O)OC(C)(C)C. The minimum Gasteiger partial charge on any atom is -0.444 e. The summed E-state index contributed by atoms with van der Waals surface area (Å²) in [5, 5.41) is -1.18. The molecule has 31 heavy (non-hydrogen) atoms. The summed E-state index contributed by atoms with van der Waals surface area (Å²) in [6.45, 7) is 6.90. The molecule has 10 heteroatoms. The van der Waals surface area contributed by atoms with Crippen molar-refractivity contribution in [3.63, 3.8) is 0 Å². The standard InChI is InChI=1S/C21H30F2N2O5S/c1-19(2,3)30-18(26)25-14-11-12-16(25)20(4,24-13-14)17(29-5)21(22,23)31(27,28)15-9-7-6-8-10-15/h6-10,14,16-17,24H,11-13H2,1-5H3/t14-,16+,17+,20+/m1/s1. The van der Waals surface area contributed by atoms with E-state index in [9.17, 15) is 13.2 Å². The van der Waals surface area contributed by atoms with E-state index < -0.39 is 49.4 Å². The Balaban J connectivity index is 1.99. The highest BCUT2D eigenvalue weighted by Crippen LogP contribution is 2.45. The molecule has 3 rings (SSSR count). The summed E-state index contributed by atoms with van der Waals surface area (Å²) in [6, 6.07) is 5.64. The van der Waals surface area contributed by atoms with E-state index in [1.165, 1.54) is 24.0 Å². The number of ether oxygens (including phenoxy) is 2. The third-order valence-corrected chi connectivity index (χ3v) is 7.84. The number of hydrogen-bond donors (Lipinski definition) is 1. The third kappa shape index (κ3) is 4.05. The van der Waals surface area contributed by atoms with Gasteiger partial charge in [-0.3, -0.25) is 4.90 Å². The van der Waals surface area contributed by atoms with Crippen LogP contribution in [0.3, 0.4) is 0 Å². The van der Waals surface area contributed by atoms with E-state index in [2.05, 4.69) is 5.32 Å². The van der Waals surface area contributed by atoms with Crippen LogP contribution in [-0.4, -0.2) is 67.6 Å². The maximum absolute atomic E-state index is 15.6. The van der Waals surface area contributed by atoms with Crippen molar-refractivity contribution in [2.45, 2.75) is 80.0 Å². The summed E-state index contributed by atoms with van der Waals surface area (Å²) in [5.74, 6) is 0. The van der Waals surface area contributed by atoms with E-state index in [1.54, 1.807) is 26.8 Å². The summed E-state index contributed by atoms with van der Waals surface area (Å²) in [4.78, 5) is 13.9. The summed E-state index contributed by atoms with van der Waals surface area (Å²) in [5.41, 5.74) is -2.27. The number of piperazine rings is 1. The number of benzene rings is 1. The number of sulfone groups is 1.